The van der Waals surface area contributed by atoms with Crippen molar-refractivity contribution >= 4 is 12.0 Å². The van der Waals surface area contributed by atoms with E-state index in [1.165, 1.54) is 0 Å². The van der Waals surface area contributed by atoms with E-state index in [0.29, 0.717) is 6.54 Å². The fourth-order valence-corrected chi connectivity index (χ4v) is 2.00. The van der Waals surface area contributed by atoms with Crippen molar-refractivity contribution in [2.24, 2.45) is 5.92 Å². The predicted molar refractivity (Wildman–Crippen MR) is 67.5 cm³/mol. The number of hydrogen-bond acceptors (Lipinski definition) is 3. The van der Waals surface area contributed by atoms with Crippen LogP contribution in [0, 0.1) is 12.8 Å². The highest BCUT2D eigenvalue weighted by Crippen LogP contribution is 2.39. The Bertz CT molecular complexity index is 495. The molecule has 0 aromatic carbocycles. The third-order valence-electron chi connectivity index (χ3n) is 3.59. The standard InChI is InChI=1S/C12H18N4O3/c1-7-8(6-14-16-7)5-13-11(19)15-12(2,10(17)18)9-3-4-9/h6,9H,3-5H2,1-2H3,(H,14,16)(H,17,18)(H2,13,15,19). The Kier molecular flexibility index (Phi) is 3.46. The van der Waals surface area contributed by atoms with Crippen LogP contribution in [0.4, 0.5) is 4.79 Å². The minimum Gasteiger partial charge on any atom is -0.480 e. The molecule has 1 fully saturated rings. The van der Waals surface area contributed by atoms with Crippen molar-refractivity contribution in [3.8, 4) is 0 Å². The van der Waals surface area contributed by atoms with Crippen LogP contribution in [-0.2, 0) is 11.3 Å². The number of urea groups is 1. The Hall–Kier alpha value is -2.05. The molecule has 1 heterocycles. The summed E-state index contributed by atoms with van der Waals surface area (Å²) < 4.78 is 0. The molecule has 1 aliphatic carbocycles. The lowest BCUT2D eigenvalue weighted by Gasteiger charge is -2.26. The van der Waals surface area contributed by atoms with Crippen molar-refractivity contribution in [3.05, 3.63) is 17.5 Å². The second-order valence-electron chi connectivity index (χ2n) is 5.11. The van der Waals surface area contributed by atoms with Gasteiger partial charge in [-0.25, -0.2) is 9.59 Å². The van der Waals surface area contributed by atoms with Crippen LogP contribution >= 0.6 is 0 Å². The second kappa shape index (κ2) is 4.91. The van der Waals surface area contributed by atoms with Gasteiger partial charge in [-0.2, -0.15) is 5.10 Å². The van der Waals surface area contributed by atoms with Crippen molar-refractivity contribution < 1.29 is 14.7 Å². The van der Waals surface area contributed by atoms with E-state index in [1.54, 1.807) is 13.1 Å². The maximum atomic E-state index is 11.8. The molecular formula is C12H18N4O3. The summed E-state index contributed by atoms with van der Waals surface area (Å²) in [5.41, 5.74) is 0.567. The molecule has 1 aliphatic rings. The first-order valence-corrected chi connectivity index (χ1v) is 6.21. The van der Waals surface area contributed by atoms with Crippen LogP contribution in [0.1, 0.15) is 31.0 Å². The molecule has 1 aromatic rings. The van der Waals surface area contributed by atoms with Crippen LogP contribution < -0.4 is 10.6 Å². The van der Waals surface area contributed by atoms with Crippen LogP contribution in [-0.4, -0.2) is 32.8 Å². The quantitative estimate of drug-likeness (QED) is 0.631. The van der Waals surface area contributed by atoms with Crippen LogP contribution in [0.2, 0.25) is 0 Å². The summed E-state index contributed by atoms with van der Waals surface area (Å²) in [4.78, 5) is 23.1. The zero-order chi connectivity index (χ0) is 14.0. The molecule has 2 rings (SSSR count). The fraction of sp³-hybridized carbons (Fsp3) is 0.583. The normalized spacial score (nSPS) is 17.6. The SMILES string of the molecule is Cc1[nH]ncc1CNC(=O)NC(C)(C(=O)O)C1CC1. The number of aromatic nitrogens is 2. The van der Waals surface area contributed by atoms with Crippen LogP contribution in [0.15, 0.2) is 6.20 Å². The van der Waals surface area contributed by atoms with Crippen LogP contribution in [0.25, 0.3) is 0 Å². The van der Waals surface area contributed by atoms with E-state index in [0.717, 1.165) is 24.1 Å². The van der Waals surface area contributed by atoms with E-state index >= 15 is 0 Å². The smallest absolute Gasteiger partial charge is 0.329 e. The molecule has 0 aliphatic heterocycles. The first-order valence-electron chi connectivity index (χ1n) is 6.21. The summed E-state index contributed by atoms with van der Waals surface area (Å²) in [6.07, 6.45) is 3.31. The van der Waals surface area contributed by atoms with Gasteiger partial charge in [0.1, 0.15) is 5.54 Å². The van der Waals surface area contributed by atoms with Gasteiger partial charge in [-0.15, -0.1) is 0 Å². The van der Waals surface area contributed by atoms with Crippen LogP contribution in [0.5, 0.6) is 0 Å². The first-order chi connectivity index (χ1) is 8.93. The van der Waals surface area contributed by atoms with Crippen molar-refractivity contribution in [1.29, 1.82) is 0 Å². The van der Waals surface area contributed by atoms with E-state index in [-0.39, 0.29) is 5.92 Å². The molecule has 1 atom stereocenters. The molecule has 1 unspecified atom stereocenters. The van der Waals surface area contributed by atoms with Crippen LogP contribution in [0.3, 0.4) is 0 Å². The number of carboxylic acids is 1. The number of carboxylic acid groups (broad SMARTS) is 1. The Balaban J connectivity index is 1.90. The molecule has 0 bridgehead atoms. The summed E-state index contributed by atoms with van der Waals surface area (Å²) >= 11 is 0. The van der Waals surface area contributed by atoms with E-state index in [1.807, 2.05) is 6.92 Å². The summed E-state index contributed by atoms with van der Waals surface area (Å²) in [7, 11) is 0. The van der Waals surface area contributed by atoms with Gasteiger partial charge in [0.25, 0.3) is 0 Å². The number of H-pyrrole nitrogens is 1. The molecule has 0 saturated heterocycles. The molecule has 1 aromatic heterocycles. The lowest BCUT2D eigenvalue weighted by atomic mass is 9.96. The van der Waals surface area contributed by atoms with Gasteiger partial charge in [-0.05, 0) is 32.6 Å². The van der Waals surface area contributed by atoms with E-state index in [4.69, 9.17) is 0 Å². The Labute approximate surface area is 110 Å². The number of aliphatic carboxylic acids is 1. The highest BCUT2D eigenvalue weighted by atomic mass is 16.4. The average Bonchev–Trinajstić information content (AvgIpc) is 3.11. The number of hydrogen-bond donors (Lipinski definition) is 4. The third-order valence-corrected chi connectivity index (χ3v) is 3.59. The second-order valence-corrected chi connectivity index (χ2v) is 5.11. The maximum absolute atomic E-state index is 11.8. The number of carbonyl (C=O) groups is 2. The number of amides is 2. The summed E-state index contributed by atoms with van der Waals surface area (Å²) in [5.74, 6) is -0.976. The number of nitrogens with zero attached hydrogens (tertiary/aromatic N) is 1. The maximum Gasteiger partial charge on any atom is 0.329 e. The topological polar surface area (TPSA) is 107 Å². The molecule has 19 heavy (non-hydrogen) atoms. The number of carbonyl (C=O) groups excluding carboxylic acids is 1. The number of aryl methyl sites for hydroxylation is 1. The first kappa shape index (κ1) is 13.4. The summed E-state index contributed by atoms with van der Waals surface area (Å²) in [6, 6.07) is -0.475. The molecule has 4 N–H and O–H groups in total. The number of nitrogens with one attached hydrogen (secondary N) is 3. The zero-order valence-electron chi connectivity index (χ0n) is 11.0. The van der Waals surface area contributed by atoms with E-state index in [9.17, 15) is 14.7 Å². The molecule has 7 nitrogen and oxygen atoms in total. The minimum atomic E-state index is -1.18. The Morgan fingerprint density at radius 1 is 1.58 bits per heavy atom. The highest BCUT2D eigenvalue weighted by molar-refractivity contribution is 5.86. The van der Waals surface area contributed by atoms with E-state index < -0.39 is 17.5 Å². The zero-order valence-corrected chi connectivity index (χ0v) is 11.0. The summed E-state index contributed by atoms with van der Waals surface area (Å²) in [5, 5.41) is 21.1. The van der Waals surface area contributed by atoms with Gasteiger partial charge >= 0.3 is 12.0 Å². The monoisotopic (exact) mass is 266 g/mol. The third kappa shape index (κ3) is 2.86. The summed E-state index contributed by atoms with van der Waals surface area (Å²) in [6.45, 7) is 3.72. The number of aromatic amines is 1. The lowest BCUT2D eigenvalue weighted by molar-refractivity contribution is -0.144. The molecule has 104 valence electrons. The Morgan fingerprint density at radius 3 is 2.74 bits per heavy atom. The number of rotatable bonds is 5. The van der Waals surface area contributed by atoms with Gasteiger partial charge in [0.05, 0.1) is 6.20 Å². The minimum absolute atomic E-state index is 0.0198. The molecule has 1 saturated carbocycles. The molecule has 0 radical (unpaired) electrons. The van der Waals surface area contributed by atoms with E-state index in [2.05, 4.69) is 20.8 Å². The van der Waals surface area contributed by atoms with Gasteiger partial charge in [0.2, 0.25) is 0 Å². The van der Waals surface area contributed by atoms with Crippen molar-refractivity contribution in [2.45, 2.75) is 38.8 Å². The average molecular weight is 266 g/mol. The van der Waals surface area contributed by atoms with Crippen molar-refractivity contribution in [1.82, 2.24) is 20.8 Å². The fourth-order valence-electron chi connectivity index (χ4n) is 2.00. The molecule has 7 heteroatoms. The van der Waals surface area contributed by atoms with Gasteiger partial charge in [-0.1, -0.05) is 0 Å². The predicted octanol–water partition coefficient (Wildman–Crippen LogP) is 0.771. The van der Waals surface area contributed by atoms with Gasteiger partial charge in [0, 0.05) is 17.8 Å². The molecule has 0 spiro atoms. The van der Waals surface area contributed by atoms with Gasteiger partial charge in [-0.3, -0.25) is 5.10 Å². The van der Waals surface area contributed by atoms with Gasteiger partial charge in [0.15, 0.2) is 0 Å². The van der Waals surface area contributed by atoms with Crippen molar-refractivity contribution in [2.75, 3.05) is 0 Å². The largest absolute Gasteiger partial charge is 0.480 e. The highest BCUT2D eigenvalue weighted by Gasteiger charge is 2.48. The Morgan fingerprint density at radius 2 is 2.26 bits per heavy atom. The van der Waals surface area contributed by atoms with Gasteiger partial charge < -0.3 is 15.7 Å². The molecule has 2 amide bonds. The molecular weight excluding hydrogens is 248 g/mol. The lowest BCUT2D eigenvalue weighted by Crippen LogP contribution is -2.56. The van der Waals surface area contributed by atoms with Crippen molar-refractivity contribution in [3.63, 3.8) is 0 Å².